The number of carbonyl (C=O) groups is 1. The number of aliphatic hydroxyl groups excluding tert-OH is 1. The molecule has 2 aromatic rings. The second-order valence-corrected chi connectivity index (χ2v) is 6.89. The van der Waals surface area contributed by atoms with Gasteiger partial charge in [0.15, 0.2) is 0 Å². The Morgan fingerprint density at radius 2 is 1.61 bits per heavy atom. The standard InChI is InChI=1S/C20H25NO2/c1-20(2,3)18(14-22)21(4)19(23)17-13-9-8-12-16(17)15-10-6-5-7-11-15/h5-13,18,22H,14H2,1-4H3. The summed E-state index contributed by atoms with van der Waals surface area (Å²) in [5, 5.41) is 9.72. The van der Waals surface area contributed by atoms with E-state index in [2.05, 4.69) is 0 Å². The van der Waals surface area contributed by atoms with Crippen LogP contribution in [0.2, 0.25) is 0 Å². The SMILES string of the molecule is CN(C(=O)c1ccccc1-c1ccccc1)C(CO)C(C)(C)C. The second-order valence-electron chi connectivity index (χ2n) is 6.89. The number of amides is 1. The highest BCUT2D eigenvalue weighted by Gasteiger charge is 2.31. The van der Waals surface area contributed by atoms with E-state index in [0.29, 0.717) is 5.56 Å². The highest BCUT2D eigenvalue weighted by molar-refractivity contribution is 6.01. The lowest BCUT2D eigenvalue weighted by atomic mass is 9.86. The van der Waals surface area contributed by atoms with Crippen LogP contribution in [-0.2, 0) is 0 Å². The van der Waals surface area contributed by atoms with Crippen LogP contribution in [0.5, 0.6) is 0 Å². The Hall–Kier alpha value is -2.13. The topological polar surface area (TPSA) is 40.5 Å². The van der Waals surface area contributed by atoms with Crippen LogP contribution >= 0.6 is 0 Å². The van der Waals surface area contributed by atoms with Crippen molar-refractivity contribution in [3.8, 4) is 11.1 Å². The highest BCUT2D eigenvalue weighted by Crippen LogP contribution is 2.28. The molecule has 0 heterocycles. The molecule has 1 atom stereocenters. The van der Waals surface area contributed by atoms with E-state index in [1.807, 2.05) is 75.4 Å². The van der Waals surface area contributed by atoms with Crippen molar-refractivity contribution in [1.82, 2.24) is 4.90 Å². The molecule has 0 spiro atoms. The van der Waals surface area contributed by atoms with Crippen molar-refractivity contribution < 1.29 is 9.90 Å². The van der Waals surface area contributed by atoms with Gasteiger partial charge in [-0.3, -0.25) is 4.79 Å². The summed E-state index contributed by atoms with van der Waals surface area (Å²) in [6.07, 6.45) is 0. The molecule has 0 aromatic heterocycles. The van der Waals surface area contributed by atoms with E-state index < -0.39 is 0 Å². The summed E-state index contributed by atoms with van der Waals surface area (Å²) in [7, 11) is 1.76. The van der Waals surface area contributed by atoms with Crippen LogP contribution in [0.1, 0.15) is 31.1 Å². The summed E-state index contributed by atoms with van der Waals surface area (Å²) in [4.78, 5) is 14.7. The first-order valence-corrected chi connectivity index (χ1v) is 7.88. The Balaban J connectivity index is 2.41. The van der Waals surface area contributed by atoms with Crippen LogP contribution in [0.3, 0.4) is 0 Å². The van der Waals surface area contributed by atoms with Crippen molar-refractivity contribution in [2.24, 2.45) is 5.41 Å². The molecular weight excluding hydrogens is 286 g/mol. The number of benzene rings is 2. The summed E-state index contributed by atoms with van der Waals surface area (Å²) in [6, 6.07) is 17.3. The van der Waals surface area contributed by atoms with E-state index in [1.165, 1.54) is 0 Å². The fourth-order valence-corrected chi connectivity index (χ4v) is 2.85. The molecule has 0 aliphatic carbocycles. The molecule has 0 fully saturated rings. The zero-order valence-electron chi connectivity index (χ0n) is 14.3. The van der Waals surface area contributed by atoms with Gasteiger partial charge in [0.2, 0.25) is 0 Å². The predicted octanol–water partition coefficient (Wildman–Crippen LogP) is 3.83. The minimum absolute atomic E-state index is 0.0563. The fraction of sp³-hybridized carbons (Fsp3) is 0.350. The van der Waals surface area contributed by atoms with E-state index in [0.717, 1.165) is 11.1 Å². The summed E-state index contributed by atoms with van der Waals surface area (Å²) in [5.41, 5.74) is 2.39. The summed E-state index contributed by atoms with van der Waals surface area (Å²) in [6.45, 7) is 6.03. The van der Waals surface area contributed by atoms with Gasteiger partial charge in [-0.15, -0.1) is 0 Å². The van der Waals surface area contributed by atoms with Gasteiger partial charge in [-0.05, 0) is 22.6 Å². The van der Waals surface area contributed by atoms with Crippen molar-refractivity contribution in [2.75, 3.05) is 13.7 Å². The van der Waals surface area contributed by atoms with E-state index in [4.69, 9.17) is 0 Å². The number of likely N-dealkylation sites (N-methyl/N-ethyl adjacent to an activating group) is 1. The normalized spacial score (nSPS) is 12.7. The molecule has 0 radical (unpaired) electrons. The molecule has 3 nitrogen and oxygen atoms in total. The third-order valence-corrected chi connectivity index (χ3v) is 4.20. The zero-order chi connectivity index (χ0) is 17.0. The van der Waals surface area contributed by atoms with Crippen LogP contribution in [0.15, 0.2) is 54.6 Å². The summed E-state index contributed by atoms with van der Waals surface area (Å²) in [5.74, 6) is -0.0709. The Kier molecular flexibility index (Phi) is 5.22. The van der Waals surface area contributed by atoms with Crippen LogP contribution in [0, 0.1) is 5.41 Å². The first-order valence-electron chi connectivity index (χ1n) is 7.88. The third kappa shape index (κ3) is 3.80. The maximum absolute atomic E-state index is 13.0. The molecule has 0 bridgehead atoms. The molecule has 0 aliphatic rings. The van der Waals surface area contributed by atoms with E-state index in [9.17, 15) is 9.90 Å². The van der Waals surface area contributed by atoms with Crippen molar-refractivity contribution in [1.29, 1.82) is 0 Å². The average molecular weight is 311 g/mol. The van der Waals surface area contributed by atoms with Crippen molar-refractivity contribution in [3.05, 3.63) is 60.2 Å². The third-order valence-electron chi connectivity index (χ3n) is 4.20. The molecular formula is C20H25NO2. The number of aliphatic hydroxyl groups is 1. The highest BCUT2D eigenvalue weighted by atomic mass is 16.3. The van der Waals surface area contributed by atoms with Gasteiger partial charge >= 0.3 is 0 Å². The van der Waals surface area contributed by atoms with Gasteiger partial charge in [0.05, 0.1) is 12.6 Å². The number of carbonyl (C=O) groups excluding carboxylic acids is 1. The van der Waals surface area contributed by atoms with Gasteiger partial charge in [-0.25, -0.2) is 0 Å². The second kappa shape index (κ2) is 6.97. The van der Waals surface area contributed by atoms with E-state index in [-0.39, 0.29) is 24.0 Å². The summed E-state index contributed by atoms with van der Waals surface area (Å²) >= 11 is 0. The van der Waals surface area contributed by atoms with Crippen LogP contribution in [0.25, 0.3) is 11.1 Å². The minimum Gasteiger partial charge on any atom is -0.394 e. The molecule has 122 valence electrons. The largest absolute Gasteiger partial charge is 0.394 e. The van der Waals surface area contributed by atoms with Gasteiger partial charge in [0.25, 0.3) is 5.91 Å². The number of hydrogen-bond acceptors (Lipinski definition) is 2. The Morgan fingerprint density at radius 1 is 1.04 bits per heavy atom. The Bertz CT molecular complexity index is 659. The van der Waals surface area contributed by atoms with Crippen LogP contribution in [0.4, 0.5) is 0 Å². The van der Waals surface area contributed by atoms with Gasteiger partial charge in [-0.1, -0.05) is 69.3 Å². The lowest BCUT2D eigenvalue weighted by Crippen LogP contribution is -2.47. The maximum atomic E-state index is 13.0. The fourth-order valence-electron chi connectivity index (χ4n) is 2.85. The monoisotopic (exact) mass is 311 g/mol. The molecule has 23 heavy (non-hydrogen) atoms. The molecule has 2 rings (SSSR count). The molecule has 2 aromatic carbocycles. The van der Waals surface area contributed by atoms with Gasteiger partial charge in [0, 0.05) is 12.6 Å². The van der Waals surface area contributed by atoms with Crippen molar-refractivity contribution in [3.63, 3.8) is 0 Å². The first-order chi connectivity index (χ1) is 10.9. The van der Waals surface area contributed by atoms with Crippen molar-refractivity contribution >= 4 is 5.91 Å². The maximum Gasteiger partial charge on any atom is 0.254 e. The first kappa shape index (κ1) is 17.2. The van der Waals surface area contributed by atoms with Gasteiger partial charge in [-0.2, -0.15) is 0 Å². The van der Waals surface area contributed by atoms with Crippen LogP contribution < -0.4 is 0 Å². The predicted molar refractivity (Wildman–Crippen MR) is 94.3 cm³/mol. The number of rotatable bonds is 4. The molecule has 1 N–H and O–H groups in total. The number of hydrogen-bond donors (Lipinski definition) is 1. The smallest absolute Gasteiger partial charge is 0.254 e. The molecule has 3 heteroatoms. The molecule has 1 unspecified atom stereocenters. The van der Waals surface area contributed by atoms with E-state index in [1.54, 1.807) is 11.9 Å². The molecule has 1 amide bonds. The number of nitrogens with zero attached hydrogens (tertiary/aromatic N) is 1. The molecule has 0 aliphatic heterocycles. The quantitative estimate of drug-likeness (QED) is 0.932. The lowest BCUT2D eigenvalue weighted by molar-refractivity contribution is 0.0434. The van der Waals surface area contributed by atoms with Gasteiger partial charge in [0.1, 0.15) is 0 Å². The van der Waals surface area contributed by atoms with Gasteiger partial charge < -0.3 is 10.0 Å². The Morgan fingerprint density at radius 3 is 2.17 bits per heavy atom. The lowest BCUT2D eigenvalue weighted by Gasteiger charge is -2.37. The summed E-state index contributed by atoms with van der Waals surface area (Å²) < 4.78 is 0. The molecule has 0 saturated carbocycles. The minimum atomic E-state index is -0.237. The Labute approximate surface area is 138 Å². The zero-order valence-corrected chi connectivity index (χ0v) is 14.3. The van der Waals surface area contributed by atoms with Crippen molar-refractivity contribution in [2.45, 2.75) is 26.8 Å². The van der Waals surface area contributed by atoms with Crippen LogP contribution in [-0.4, -0.2) is 35.6 Å². The van der Waals surface area contributed by atoms with E-state index >= 15 is 0 Å². The molecule has 0 saturated heterocycles. The average Bonchev–Trinajstić information content (AvgIpc) is 2.54.